The van der Waals surface area contributed by atoms with Crippen LogP contribution in [0, 0.1) is 0 Å². The van der Waals surface area contributed by atoms with E-state index in [1.54, 1.807) is 19.2 Å². The Labute approximate surface area is 148 Å². The SMILES string of the molecule is COc1cc(C(=O)N2CCc3ccccc3C2)cc2oc(Br)cc12. The number of furan rings is 1. The number of methoxy groups -OCH3 is 1. The van der Waals surface area contributed by atoms with Crippen molar-refractivity contribution in [1.82, 2.24) is 4.90 Å². The lowest BCUT2D eigenvalue weighted by Gasteiger charge is -2.29. The summed E-state index contributed by atoms with van der Waals surface area (Å²) in [5.41, 5.74) is 3.76. The lowest BCUT2D eigenvalue weighted by Crippen LogP contribution is -2.35. The minimum absolute atomic E-state index is 0.00257. The number of hydrogen-bond acceptors (Lipinski definition) is 3. The predicted molar refractivity (Wildman–Crippen MR) is 95.4 cm³/mol. The molecule has 3 aromatic rings. The summed E-state index contributed by atoms with van der Waals surface area (Å²) in [6, 6.07) is 13.7. The van der Waals surface area contributed by atoms with Crippen LogP contribution in [0.2, 0.25) is 0 Å². The van der Waals surface area contributed by atoms with Gasteiger partial charge in [-0.3, -0.25) is 4.79 Å². The topological polar surface area (TPSA) is 42.7 Å². The first-order valence-electron chi connectivity index (χ1n) is 7.79. The number of ether oxygens (including phenoxy) is 1. The zero-order valence-corrected chi connectivity index (χ0v) is 14.8. The Hall–Kier alpha value is -2.27. The van der Waals surface area contributed by atoms with Gasteiger partial charge in [-0.25, -0.2) is 0 Å². The van der Waals surface area contributed by atoms with E-state index in [0.29, 0.717) is 28.1 Å². The third kappa shape index (κ3) is 2.59. The van der Waals surface area contributed by atoms with Gasteiger partial charge < -0.3 is 14.1 Å². The molecule has 0 atom stereocenters. The predicted octanol–water partition coefficient (Wildman–Crippen LogP) is 4.40. The van der Waals surface area contributed by atoms with Crippen LogP contribution in [0.15, 0.2) is 51.6 Å². The molecule has 0 aliphatic carbocycles. The van der Waals surface area contributed by atoms with Crippen LogP contribution in [-0.2, 0) is 13.0 Å². The van der Waals surface area contributed by atoms with Crippen LogP contribution in [0.5, 0.6) is 5.75 Å². The van der Waals surface area contributed by atoms with Crippen molar-refractivity contribution in [3.8, 4) is 5.75 Å². The molecule has 24 heavy (non-hydrogen) atoms. The maximum atomic E-state index is 12.9. The second kappa shape index (κ2) is 5.98. The highest BCUT2D eigenvalue weighted by Gasteiger charge is 2.23. The Morgan fingerprint density at radius 2 is 2.00 bits per heavy atom. The zero-order chi connectivity index (χ0) is 16.7. The maximum Gasteiger partial charge on any atom is 0.254 e. The number of carbonyl (C=O) groups is 1. The summed E-state index contributed by atoms with van der Waals surface area (Å²) in [7, 11) is 1.60. The minimum Gasteiger partial charge on any atom is -0.496 e. The molecule has 2 heterocycles. The number of carbonyl (C=O) groups excluding carboxylic acids is 1. The molecule has 5 heteroatoms. The molecule has 1 amide bonds. The Morgan fingerprint density at radius 3 is 2.79 bits per heavy atom. The third-order valence-electron chi connectivity index (χ3n) is 4.45. The van der Waals surface area contributed by atoms with E-state index in [2.05, 4.69) is 28.1 Å². The molecular formula is C19H16BrNO3. The average molecular weight is 386 g/mol. The molecule has 122 valence electrons. The molecular weight excluding hydrogens is 370 g/mol. The van der Waals surface area contributed by atoms with E-state index >= 15 is 0 Å². The van der Waals surface area contributed by atoms with Gasteiger partial charge in [-0.15, -0.1) is 0 Å². The normalized spacial score (nSPS) is 13.8. The van der Waals surface area contributed by atoms with Crippen LogP contribution < -0.4 is 4.74 Å². The molecule has 1 aromatic heterocycles. The van der Waals surface area contributed by atoms with E-state index < -0.39 is 0 Å². The number of amides is 1. The van der Waals surface area contributed by atoms with Crippen molar-refractivity contribution < 1.29 is 13.9 Å². The van der Waals surface area contributed by atoms with Gasteiger partial charge in [-0.05, 0) is 45.6 Å². The van der Waals surface area contributed by atoms with Crippen molar-refractivity contribution in [2.75, 3.05) is 13.7 Å². The third-order valence-corrected chi connectivity index (χ3v) is 4.84. The molecule has 0 bridgehead atoms. The van der Waals surface area contributed by atoms with Crippen molar-refractivity contribution >= 4 is 32.8 Å². The number of hydrogen-bond donors (Lipinski definition) is 0. The molecule has 2 aromatic carbocycles. The summed E-state index contributed by atoms with van der Waals surface area (Å²) in [5, 5.41) is 0.852. The fourth-order valence-corrected chi connectivity index (χ4v) is 3.62. The van der Waals surface area contributed by atoms with Gasteiger partial charge in [-0.1, -0.05) is 24.3 Å². The summed E-state index contributed by atoms with van der Waals surface area (Å²) in [6.45, 7) is 1.36. The van der Waals surface area contributed by atoms with E-state index in [9.17, 15) is 4.79 Å². The first kappa shape index (κ1) is 15.3. The van der Waals surface area contributed by atoms with Gasteiger partial charge in [0.2, 0.25) is 0 Å². The summed E-state index contributed by atoms with van der Waals surface area (Å²) in [5.74, 6) is 0.639. The molecule has 4 nitrogen and oxygen atoms in total. The number of halogens is 1. The van der Waals surface area contributed by atoms with Gasteiger partial charge in [0.05, 0.1) is 12.5 Å². The molecule has 0 saturated carbocycles. The van der Waals surface area contributed by atoms with Gasteiger partial charge >= 0.3 is 0 Å². The fourth-order valence-electron chi connectivity index (χ4n) is 3.22. The second-order valence-corrected chi connectivity index (χ2v) is 6.67. The molecule has 0 saturated heterocycles. The van der Waals surface area contributed by atoms with Gasteiger partial charge in [0.15, 0.2) is 4.67 Å². The first-order valence-corrected chi connectivity index (χ1v) is 8.58. The van der Waals surface area contributed by atoms with Gasteiger partial charge in [0.25, 0.3) is 5.91 Å². The summed E-state index contributed by atoms with van der Waals surface area (Å²) in [6.07, 6.45) is 0.883. The van der Waals surface area contributed by atoms with E-state index in [1.165, 1.54) is 11.1 Å². The van der Waals surface area contributed by atoms with Crippen molar-refractivity contribution in [1.29, 1.82) is 0 Å². The van der Waals surface area contributed by atoms with Crippen LogP contribution in [0.4, 0.5) is 0 Å². The lowest BCUT2D eigenvalue weighted by molar-refractivity contribution is 0.0734. The number of rotatable bonds is 2. The van der Waals surface area contributed by atoms with Crippen molar-refractivity contribution in [2.24, 2.45) is 0 Å². The van der Waals surface area contributed by atoms with Crippen molar-refractivity contribution in [3.63, 3.8) is 0 Å². The Balaban J connectivity index is 1.69. The van der Waals surface area contributed by atoms with Crippen molar-refractivity contribution in [3.05, 3.63) is 63.8 Å². The average Bonchev–Trinajstić information content (AvgIpc) is 2.99. The maximum absolute atomic E-state index is 12.9. The number of benzene rings is 2. The largest absolute Gasteiger partial charge is 0.496 e. The molecule has 1 aliphatic rings. The molecule has 0 N–H and O–H groups in total. The van der Waals surface area contributed by atoms with Gasteiger partial charge in [0.1, 0.15) is 11.3 Å². The van der Waals surface area contributed by atoms with E-state index in [0.717, 1.165) is 18.4 Å². The molecule has 0 unspecified atom stereocenters. The Bertz CT molecular complexity index is 932. The highest BCUT2D eigenvalue weighted by Crippen LogP contribution is 2.33. The van der Waals surface area contributed by atoms with E-state index in [-0.39, 0.29) is 5.91 Å². The van der Waals surface area contributed by atoms with E-state index in [1.807, 2.05) is 23.1 Å². The Morgan fingerprint density at radius 1 is 1.21 bits per heavy atom. The van der Waals surface area contributed by atoms with Crippen LogP contribution >= 0.6 is 15.9 Å². The quantitative estimate of drug-likeness (QED) is 0.656. The van der Waals surface area contributed by atoms with Gasteiger partial charge in [-0.2, -0.15) is 0 Å². The van der Waals surface area contributed by atoms with Crippen LogP contribution in [0.3, 0.4) is 0 Å². The highest BCUT2D eigenvalue weighted by molar-refractivity contribution is 9.10. The minimum atomic E-state index is -0.00257. The van der Waals surface area contributed by atoms with Gasteiger partial charge in [0, 0.05) is 24.7 Å². The zero-order valence-electron chi connectivity index (χ0n) is 13.2. The van der Waals surface area contributed by atoms with Crippen LogP contribution in [0.25, 0.3) is 11.0 Å². The fraction of sp³-hybridized carbons (Fsp3) is 0.211. The second-order valence-electron chi connectivity index (χ2n) is 5.89. The molecule has 4 rings (SSSR count). The first-order chi connectivity index (χ1) is 11.7. The number of fused-ring (bicyclic) bond motifs is 2. The molecule has 0 fully saturated rings. The Kier molecular flexibility index (Phi) is 3.81. The molecule has 0 spiro atoms. The lowest BCUT2D eigenvalue weighted by atomic mass is 9.99. The standard InChI is InChI=1S/C19H16BrNO3/c1-23-16-8-14(9-17-15(16)10-18(20)24-17)19(22)21-7-6-12-4-2-3-5-13(12)11-21/h2-5,8-10H,6-7,11H2,1H3. The molecule has 1 aliphatic heterocycles. The summed E-state index contributed by atoms with van der Waals surface area (Å²) in [4.78, 5) is 14.8. The van der Waals surface area contributed by atoms with Crippen LogP contribution in [0.1, 0.15) is 21.5 Å². The monoisotopic (exact) mass is 385 g/mol. The summed E-state index contributed by atoms with van der Waals surface area (Å²) < 4.78 is 11.7. The van der Waals surface area contributed by atoms with E-state index in [4.69, 9.17) is 9.15 Å². The van der Waals surface area contributed by atoms with Crippen LogP contribution in [-0.4, -0.2) is 24.5 Å². The smallest absolute Gasteiger partial charge is 0.254 e. The summed E-state index contributed by atoms with van der Waals surface area (Å²) >= 11 is 3.33. The van der Waals surface area contributed by atoms with Crippen molar-refractivity contribution in [2.45, 2.75) is 13.0 Å². The highest BCUT2D eigenvalue weighted by atomic mass is 79.9. The molecule has 0 radical (unpaired) electrons. The number of nitrogens with zero attached hydrogens (tertiary/aromatic N) is 1.